The first kappa shape index (κ1) is 27.7. The fraction of sp³-hybridized carbons (Fsp3) is 0. The van der Waals surface area contributed by atoms with Gasteiger partial charge >= 0.3 is 0 Å². The normalized spacial score (nSPS) is 11.7. The molecule has 2 aliphatic rings. The lowest BCUT2D eigenvalue weighted by Crippen LogP contribution is -2.03. The van der Waals surface area contributed by atoms with Crippen LogP contribution in [0.25, 0.3) is 89.0 Å². The highest BCUT2D eigenvalue weighted by Crippen LogP contribution is 2.53. The van der Waals surface area contributed by atoms with Crippen LogP contribution in [0.2, 0.25) is 0 Å². The van der Waals surface area contributed by atoms with Crippen molar-refractivity contribution in [3.8, 4) is 89.0 Å². The summed E-state index contributed by atoms with van der Waals surface area (Å²) in [6.07, 6.45) is 0. The fourth-order valence-electron chi connectivity index (χ4n) is 8.17. The maximum absolute atomic E-state index is 4.05. The molecular formula is C48H31N. The second-order valence-corrected chi connectivity index (χ2v) is 12.9. The van der Waals surface area contributed by atoms with E-state index in [4.69, 9.17) is 0 Å². The second-order valence-electron chi connectivity index (χ2n) is 12.9. The van der Waals surface area contributed by atoms with E-state index in [1.54, 1.807) is 0 Å². The first-order valence-corrected chi connectivity index (χ1v) is 17.0. The molecule has 0 aromatic heterocycles. The van der Waals surface area contributed by atoms with Crippen LogP contribution in [0.1, 0.15) is 0 Å². The summed E-state index contributed by atoms with van der Waals surface area (Å²) < 4.78 is 0. The van der Waals surface area contributed by atoms with Gasteiger partial charge in [0.15, 0.2) is 0 Å². The molecule has 0 heterocycles. The molecule has 49 heavy (non-hydrogen) atoms. The van der Waals surface area contributed by atoms with E-state index in [9.17, 15) is 0 Å². The maximum Gasteiger partial charge on any atom is 0.0470 e. The first-order chi connectivity index (χ1) is 24.3. The van der Waals surface area contributed by atoms with Gasteiger partial charge in [-0.15, -0.1) is 0 Å². The Morgan fingerprint density at radius 2 is 0.388 bits per heavy atom. The molecule has 1 N–H and O–H groups in total. The average Bonchev–Trinajstić information content (AvgIpc) is 3.17. The topological polar surface area (TPSA) is 12.0 Å². The molecule has 0 atom stereocenters. The summed E-state index contributed by atoms with van der Waals surface area (Å²) in [6, 6.07) is 66.5. The van der Waals surface area contributed by atoms with Gasteiger partial charge < -0.3 is 5.32 Å². The van der Waals surface area contributed by atoms with E-state index in [2.05, 4.69) is 187 Å². The van der Waals surface area contributed by atoms with Gasteiger partial charge in [0, 0.05) is 22.5 Å². The molecule has 1 heteroatoms. The molecule has 0 saturated carbocycles. The summed E-state index contributed by atoms with van der Waals surface area (Å²) in [4.78, 5) is 0. The Labute approximate surface area is 286 Å². The minimum absolute atomic E-state index is 1.08. The van der Waals surface area contributed by atoms with E-state index in [1.807, 2.05) is 0 Å². The molecular weight excluding hydrogens is 591 g/mol. The molecule has 10 rings (SSSR count). The van der Waals surface area contributed by atoms with Crippen LogP contribution < -0.4 is 5.32 Å². The molecule has 0 saturated heterocycles. The molecule has 1 nitrogen and oxygen atoms in total. The van der Waals surface area contributed by atoms with Crippen LogP contribution in [0.4, 0.5) is 11.4 Å². The number of fused-ring (bicyclic) bond motifs is 16. The van der Waals surface area contributed by atoms with E-state index < -0.39 is 0 Å². The highest BCUT2D eigenvalue weighted by Gasteiger charge is 2.26. The van der Waals surface area contributed by atoms with Gasteiger partial charge in [-0.2, -0.15) is 0 Å². The van der Waals surface area contributed by atoms with Gasteiger partial charge in [0.05, 0.1) is 0 Å². The Hall–Kier alpha value is -6.44. The lowest BCUT2D eigenvalue weighted by molar-refractivity contribution is 1.48. The number of hydrogen-bond acceptors (Lipinski definition) is 1. The molecule has 8 aromatic carbocycles. The van der Waals surface area contributed by atoms with Crippen LogP contribution in [0, 0.1) is 0 Å². The Balaban J connectivity index is 1.25. The zero-order valence-corrected chi connectivity index (χ0v) is 26.8. The third-order valence-electron chi connectivity index (χ3n) is 10.2. The second kappa shape index (κ2) is 11.1. The SMILES string of the molecule is c1ccc2c(c1)-c1ccccc1-c1cccc(Nc3cccc4c3-c3ccccc3-c3ccccc3-c3ccccc3-4)c1-c1ccccc1-2. The van der Waals surface area contributed by atoms with Crippen molar-refractivity contribution >= 4 is 11.4 Å². The number of hydrogen-bond donors (Lipinski definition) is 1. The molecule has 0 fully saturated rings. The molecule has 0 bridgehead atoms. The molecule has 228 valence electrons. The summed E-state index contributed by atoms with van der Waals surface area (Å²) in [5.74, 6) is 0. The van der Waals surface area contributed by atoms with Gasteiger partial charge in [-0.05, 0) is 90.0 Å². The summed E-state index contributed by atoms with van der Waals surface area (Å²) >= 11 is 0. The highest BCUT2D eigenvalue weighted by molar-refractivity contribution is 6.09. The Kier molecular flexibility index (Phi) is 6.25. The third-order valence-corrected chi connectivity index (χ3v) is 10.2. The van der Waals surface area contributed by atoms with Gasteiger partial charge in [-0.1, -0.05) is 170 Å². The molecule has 0 aliphatic heterocycles. The van der Waals surface area contributed by atoms with Crippen LogP contribution in [0.15, 0.2) is 182 Å². The molecule has 0 unspecified atom stereocenters. The van der Waals surface area contributed by atoms with Crippen molar-refractivity contribution in [1.82, 2.24) is 0 Å². The van der Waals surface area contributed by atoms with Crippen molar-refractivity contribution in [3.63, 3.8) is 0 Å². The van der Waals surface area contributed by atoms with Gasteiger partial charge in [-0.25, -0.2) is 0 Å². The lowest BCUT2D eigenvalue weighted by atomic mass is 9.79. The highest BCUT2D eigenvalue weighted by atomic mass is 14.9. The van der Waals surface area contributed by atoms with Crippen LogP contribution >= 0.6 is 0 Å². The predicted molar refractivity (Wildman–Crippen MR) is 207 cm³/mol. The Bertz CT molecular complexity index is 2400. The molecule has 0 radical (unpaired) electrons. The lowest BCUT2D eigenvalue weighted by Gasteiger charge is -2.27. The number of rotatable bonds is 2. The number of nitrogens with one attached hydrogen (secondary N) is 1. The van der Waals surface area contributed by atoms with E-state index in [1.165, 1.54) is 89.0 Å². The van der Waals surface area contributed by atoms with Crippen molar-refractivity contribution < 1.29 is 0 Å². The standard InChI is InChI=1S/C48H31N/c1-3-17-33-31(15-1)35-19-5-7-21-39(35)43-27-13-29-45(47(43)41-25-11-9-23-37(33)41)49-46-30-14-28-44-40-22-8-6-20-36(40)32-16-2-4-18-34(32)38-24-10-12-26-42(38)48(44)46/h1-30,49H. The van der Waals surface area contributed by atoms with E-state index >= 15 is 0 Å². The Morgan fingerprint density at radius 3 is 0.673 bits per heavy atom. The zero-order valence-electron chi connectivity index (χ0n) is 26.8. The van der Waals surface area contributed by atoms with Gasteiger partial charge in [-0.3, -0.25) is 0 Å². The van der Waals surface area contributed by atoms with Crippen molar-refractivity contribution in [2.45, 2.75) is 0 Å². The van der Waals surface area contributed by atoms with Gasteiger partial charge in [0.2, 0.25) is 0 Å². The van der Waals surface area contributed by atoms with E-state index in [0.717, 1.165) is 11.4 Å². The fourth-order valence-corrected chi connectivity index (χ4v) is 8.17. The summed E-state index contributed by atoms with van der Waals surface area (Å²) in [5.41, 5.74) is 22.0. The molecule has 0 spiro atoms. The number of benzene rings is 8. The van der Waals surface area contributed by atoms with Crippen LogP contribution in [0.5, 0.6) is 0 Å². The molecule has 0 amide bonds. The van der Waals surface area contributed by atoms with Crippen LogP contribution in [0.3, 0.4) is 0 Å². The minimum atomic E-state index is 1.08. The summed E-state index contributed by atoms with van der Waals surface area (Å²) in [6.45, 7) is 0. The van der Waals surface area contributed by atoms with Crippen LogP contribution in [-0.4, -0.2) is 0 Å². The Morgan fingerprint density at radius 1 is 0.184 bits per heavy atom. The van der Waals surface area contributed by atoms with Gasteiger partial charge in [0.1, 0.15) is 0 Å². The van der Waals surface area contributed by atoms with E-state index in [-0.39, 0.29) is 0 Å². The quantitative estimate of drug-likeness (QED) is 0.202. The van der Waals surface area contributed by atoms with Crippen molar-refractivity contribution in [2.75, 3.05) is 5.32 Å². The monoisotopic (exact) mass is 621 g/mol. The number of anilines is 2. The van der Waals surface area contributed by atoms with Crippen LogP contribution in [-0.2, 0) is 0 Å². The molecule has 8 aromatic rings. The largest absolute Gasteiger partial charge is 0.354 e. The first-order valence-electron chi connectivity index (χ1n) is 17.0. The van der Waals surface area contributed by atoms with E-state index in [0.29, 0.717) is 0 Å². The van der Waals surface area contributed by atoms with Gasteiger partial charge in [0.25, 0.3) is 0 Å². The average molecular weight is 622 g/mol. The molecule has 2 aliphatic carbocycles. The smallest absolute Gasteiger partial charge is 0.0470 e. The summed E-state index contributed by atoms with van der Waals surface area (Å²) in [5, 5.41) is 4.05. The maximum atomic E-state index is 4.05. The summed E-state index contributed by atoms with van der Waals surface area (Å²) in [7, 11) is 0. The minimum Gasteiger partial charge on any atom is -0.354 e. The van der Waals surface area contributed by atoms with Crippen molar-refractivity contribution in [2.24, 2.45) is 0 Å². The zero-order chi connectivity index (χ0) is 32.3. The van der Waals surface area contributed by atoms with Crippen molar-refractivity contribution in [1.29, 1.82) is 0 Å². The van der Waals surface area contributed by atoms with Crippen molar-refractivity contribution in [3.05, 3.63) is 182 Å². The third kappa shape index (κ3) is 4.26. The predicted octanol–water partition coefficient (Wildman–Crippen LogP) is 13.4.